The summed E-state index contributed by atoms with van der Waals surface area (Å²) in [6.45, 7) is 0.850. The van der Waals surface area contributed by atoms with Gasteiger partial charge in [0.1, 0.15) is 0 Å². The SMILES string of the molecule is O=S(=O)(c1ccc(Cl)c(Cl)c1)N1C=NCC1. The third-order valence-corrected chi connectivity index (χ3v) is 4.64. The van der Waals surface area contributed by atoms with Crippen LogP contribution in [0.4, 0.5) is 0 Å². The Morgan fingerprint density at radius 3 is 2.56 bits per heavy atom. The number of rotatable bonds is 2. The molecular formula is C9H8Cl2N2O2S. The highest BCUT2D eigenvalue weighted by Crippen LogP contribution is 2.26. The van der Waals surface area contributed by atoms with Gasteiger partial charge in [-0.3, -0.25) is 9.30 Å². The summed E-state index contributed by atoms with van der Waals surface area (Å²) in [6, 6.07) is 4.23. The van der Waals surface area contributed by atoms with E-state index in [2.05, 4.69) is 4.99 Å². The van der Waals surface area contributed by atoms with Gasteiger partial charge in [-0.05, 0) is 18.2 Å². The molecule has 0 amide bonds. The van der Waals surface area contributed by atoms with E-state index >= 15 is 0 Å². The minimum Gasteiger partial charge on any atom is -0.273 e. The van der Waals surface area contributed by atoms with E-state index in [9.17, 15) is 8.42 Å². The average Bonchev–Trinajstić information content (AvgIpc) is 2.75. The molecule has 1 heterocycles. The normalized spacial score (nSPS) is 15.8. The van der Waals surface area contributed by atoms with Gasteiger partial charge in [0, 0.05) is 0 Å². The van der Waals surface area contributed by atoms with Crippen molar-refractivity contribution in [3.8, 4) is 0 Å². The summed E-state index contributed by atoms with van der Waals surface area (Å²) in [6.07, 6.45) is 1.32. The first-order valence-corrected chi connectivity index (χ1v) is 6.68. The Kier molecular flexibility index (Phi) is 3.10. The summed E-state index contributed by atoms with van der Waals surface area (Å²) in [5.41, 5.74) is 0. The van der Waals surface area contributed by atoms with Gasteiger partial charge in [-0.1, -0.05) is 23.2 Å². The van der Waals surface area contributed by atoms with Crippen LogP contribution in [0.5, 0.6) is 0 Å². The molecule has 16 heavy (non-hydrogen) atoms. The number of hydrogen-bond donors (Lipinski definition) is 0. The van der Waals surface area contributed by atoms with Crippen molar-refractivity contribution in [2.45, 2.75) is 4.90 Å². The average molecular weight is 279 g/mol. The molecule has 1 aliphatic rings. The second-order valence-electron chi connectivity index (χ2n) is 3.21. The van der Waals surface area contributed by atoms with E-state index in [0.29, 0.717) is 18.1 Å². The number of hydrogen-bond acceptors (Lipinski definition) is 3. The summed E-state index contributed by atoms with van der Waals surface area (Å²) in [4.78, 5) is 3.98. The molecule has 0 radical (unpaired) electrons. The number of benzene rings is 1. The lowest BCUT2D eigenvalue weighted by Gasteiger charge is -2.14. The predicted molar refractivity (Wildman–Crippen MR) is 63.7 cm³/mol. The monoisotopic (exact) mass is 278 g/mol. The Labute approximate surface area is 104 Å². The van der Waals surface area contributed by atoms with Crippen molar-refractivity contribution in [3.63, 3.8) is 0 Å². The van der Waals surface area contributed by atoms with Gasteiger partial charge in [0.25, 0.3) is 10.0 Å². The van der Waals surface area contributed by atoms with Crippen LogP contribution in [-0.2, 0) is 10.0 Å². The van der Waals surface area contributed by atoms with E-state index in [1.54, 1.807) is 0 Å². The van der Waals surface area contributed by atoms with Crippen molar-refractivity contribution >= 4 is 39.6 Å². The van der Waals surface area contributed by atoms with Gasteiger partial charge in [0.2, 0.25) is 0 Å². The second kappa shape index (κ2) is 4.24. The molecule has 1 aromatic carbocycles. The second-order valence-corrected chi connectivity index (χ2v) is 5.92. The van der Waals surface area contributed by atoms with Gasteiger partial charge >= 0.3 is 0 Å². The van der Waals surface area contributed by atoms with E-state index in [-0.39, 0.29) is 9.92 Å². The molecule has 4 nitrogen and oxygen atoms in total. The van der Waals surface area contributed by atoms with Crippen LogP contribution >= 0.6 is 23.2 Å². The molecule has 0 N–H and O–H groups in total. The molecule has 0 fully saturated rings. The van der Waals surface area contributed by atoms with Crippen LogP contribution in [-0.4, -0.2) is 32.2 Å². The molecule has 0 saturated carbocycles. The van der Waals surface area contributed by atoms with Gasteiger partial charge in [-0.25, -0.2) is 8.42 Å². The smallest absolute Gasteiger partial charge is 0.265 e. The first-order valence-electron chi connectivity index (χ1n) is 4.48. The van der Waals surface area contributed by atoms with Crippen LogP contribution in [0.3, 0.4) is 0 Å². The molecule has 0 aromatic heterocycles. The summed E-state index contributed by atoms with van der Waals surface area (Å²) in [5, 5.41) is 0.551. The van der Waals surface area contributed by atoms with Crippen molar-refractivity contribution in [1.29, 1.82) is 0 Å². The standard InChI is InChI=1S/C9H8Cl2N2O2S/c10-8-2-1-7(5-9(8)11)16(14,15)13-4-3-12-6-13/h1-2,5-6H,3-4H2. The fourth-order valence-electron chi connectivity index (χ4n) is 1.32. The lowest BCUT2D eigenvalue weighted by atomic mass is 10.4. The Morgan fingerprint density at radius 2 is 2.00 bits per heavy atom. The summed E-state index contributed by atoms with van der Waals surface area (Å²) in [7, 11) is -3.54. The van der Waals surface area contributed by atoms with Gasteiger partial charge in [0.05, 0.1) is 34.4 Å². The lowest BCUT2D eigenvalue weighted by Crippen LogP contribution is -2.28. The van der Waals surface area contributed by atoms with Crippen LogP contribution in [0.1, 0.15) is 0 Å². The van der Waals surface area contributed by atoms with Crippen molar-refractivity contribution in [3.05, 3.63) is 28.2 Å². The Morgan fingerprint density at radius 1 is 1.25 bits per heavy atom. The molecule has 1 aliphatic heterocycles. The summed E-state index contributed by atoms with van der Waals surface area (Å²) in [5.74, 6) is 0. The number of halogens is 2. The highest BCUT2D eigenvalue weighted by molar-refractivity contribution is 7.89. The minimum atomic E-state index is -3.54. The van der Waals surface area contributed by atoms with Crippen LogP contribution in [0.15, 0.2) is 28.1 Å². The van der Waals surface area contributed by atoms with Gasteiger partial charge < -0.3 is 0 Å². The number of nitrogens with zero attached hydrogens (tertiary/aromatic N) is 2. The Balaban J connectivity index is 2.43. The Hall–Kier alpha value is -0.780. The van der Waals surface area contributed by atoms with Crippen LogP contribution in [0, 0.1) is 0 Å². The number of sulfonamides is 1. The topological polar surface area (TPSA) is 49.7 Å². The fraction of sp³-hybridized carbons (Fsp3) is 0.222. The predicted octanol–water partition coefficient (Wildman–Crippen LogP) is 2.03. The third-order valence-electron chi connectivity index (χ3n) is 2.16. The molecule has 0 bridgehead atoms. The molecule has 0 atom stereocenters. The van der Waals surface area contributed by atoms with E-state index in [1.807, 2.05) is 0 Å². The summed E-state index contributed by atoms with van der Waals surface area (Å²) < 4.78 is 25.2. The van der Waals surface area contributed by atoms with Crippen molar-refractivity contribution < 1.29 is 8.42 Å². The third kappa shape index (κ3) is 2.03. The molecule has 1 aromatic rings. The maximum atomic E-state index is 12.0. The van der Waals surface area contributed by atoms with E-state index in [4.69, 9.17) is 23.2 Å². The van der Waals surface area contributed by atoms with Crippen LogP contribution in [0.2, 0.25) is 10.0 Å². The first-order chi connectivity index (χ1) is 7.51. The Bertz CT molecular complexity index is 542. The first kappa shape index (κ1) is 11.7. The maximum absolute atomic E-state index is 12.0. The van der Waals surface area contributed by atoms with E-state index < -0.39 is 10.0 Å². The zero-order valence-electron chi connectivity index (χ0n) is 8.10. The van der Waals surface area contributed by atoms with Crippen molar-refractivity contribution in [1.82, 2.24) is 4.31 Å². The molecule has 0 saturated heterocycles. The molecule has 0 aliphatic carbocycles. The van der Waals surface area contributed by atoms with Gasteiger partial charge in [-0.2, -0.15) is 0 Å². The van der Waals surface area contributed by atoms with E-state index in [0.717, 1.165) is 0 Å². The summed E-state index contributed by atoms with van der Waals surface area (Å²) >= 11 is 11.5. The van der Waals surface area contributed by atoms with Crippen molar-refractivity contribution in [2.24, 2.45) is 4.99 Å². The maximum Gasteiger partial charge on any atom is 0.265 e. The number of aliphatic imine (C=N–C) groups is 1. The molecule has 0 spiro atoms. The van der Waals surface area contributed by atoms with Gasteiger partial charge in [0.15, 0.2) is 0 Å². The quantitative estimate of drug-likeness (QED) is 0.831. The minimum absolute atomic E-state index is 0.121. The van der Waals surface area contributed by atoms with E-state index in [1.165, 1.54) is 28.8 Å². The highest BCUT2D eigenvalue weighted by Gasteiger charge is 2.24. The molecule has 2 rings (SSSR count). The molecule has 0 unspecified atom stereocenters. The van der Waals surface area contributed by atoms with Gasteiger partial charge in [-0.15, -0.1) is 0 Å². The lowest BCUT2D eigenvalue weighted by molar-refractivity contribution is 0.541. The zero-order chi connectivity index (χ0) is 11.8. The largest absolute Gasteiger partial charge is 0.273 e. The molecule has 86 valence electrons. The molecule has 7 heteroatoms. The fourth-order valence-corrected chi connectivity index (χ4v) is 2.97. The molecular weight excluding hydrogens is 271 g/mol. The van der Waals surface area contributed by atoms with Crippen LogP contribution in [0.25, 0.3) is 0 Å². The highest BCUT2D eigenvalue weighted by atomic mass is 35.5. The van der Waals surface area contributed by atoms with Crippen molar-refractivity contribution in [2.75, 3.05) is 13.1 Å². The van der Waals surface area contributed by atoms with Crippen LogP contribution < -0.4 is 0 Å². The zero-order valence-corrected chi connectivity index (χ0v) is 10.4.